The maximum absolute atomic E-state index is 11.9. The van der Waals surface area contributed by atoms with Crippen molar-refractivity contribution in [1.29, 1.82) is 5.26 Å². The number of hydrogen-bond acceptors (Lipinski definition) is 7. The molecule has 0 radical (unpaired) electrons. The van der Waals surface area contributed by atoms with Crippen LogP contribution in [0.25, 0.3) is 6.08 Å². The van der Waals surface area contributed by atoms with Crippen LogP contribution in [-0.2, 0) is 4.74 Å². The molecule has 4 N–H and O–H groups in total. The van der Waals surface area contributed by atoms with Crippen LogP contribution in [0.4, 0.5) is 11.5 Å². The summed E-state index contributed by atoms with van der Waals surface area (Å²) in [5.41, 5.74) is 7.16. The highest BCUT2D eigenvalue weighted by molar-refractivity contribution is 6.51. The molecular weight excluding hydrogens is 361 g/mol. The Labute approximate surface area is 161 Å². The molecule has 2 aromatic rings. The highest BCUT2D eigenvalue weighted by atomic mass is 16.5. The zero-order valence-corrected chi connectivity index (χ0v) is 14.9. The molecule has 2 aliphatic heterocycles. The summed E-state index contributed by atoms with van der Waals surface area (Å²) in [6, 6.07) is 7.31. The second-order valence-electron chi connectivity index (χ2n) is 6.65. The molecule has 3 heterocycles. The number of nitrogens with zero attached hydrogens (tertiary/aromatic N) is 3. The summed E-state index contributed by atoms with van der Waals surface area (Å²) in [5, 5.41) is 26.5. The standard InChI is InChI=1S/C18H18BN5O4/c20-8-12-4-6-27-10-15(12)24-9-14(17(21)25)18(23-24)22-13-2-1-11-3-5-19(26)28-16(11)7-13/h1-3,5,7,9,12,15,26H,4,6,10H2,(H2,21,25)(H,22,23)/t12-,15+/m1/s1. The number of rotatable bonds is 4. The number of hydrogen-bond donors (Lipinski definition) is 3. The summed E-state index contributed by atoms with van der Waals surface area (Å²) in [4.78, 5) is 11.9. The number of nitriles is 1. The Balaban J connectivity index is 1.64. The minimum atomic E-state index is -1.00. The third-order valence-electron chi connectivity index (χ3n) is 4.79. The van der Waals surface area contributed by atoms with Crippen LogP contribution in [-0.4, -0.2) is 41.0 Å². The van der Waals surface area contributed by atoms with Gasteiger partial charge in [0.2, 0.25) is 0 Å². The number of nitrogens with two attached hydrogens (primary N) is 1. The number of primary amides is 1. The number of ether oxygens (including phenoxy) is 1. The van der Waals surface area contributed by atoms with Gasteiger partial charge in [-0.25, -0.2) is 0 Å². The molecule has 1 aromatic carbocycles. The molecule has 0 aliphatic carbocycles. The molecule has 1 fully saturated rings. The zero-order valence-electron chi connectivity index (χ0n) is 14.9. The quantitative estimate of drug-likeness (QED) is 0.681. The van der Waals surface area contributed by atoms with Gasteiger partial charge < -0.3 is 25.5 Å². The van der Waals surface area contributed by atoms with Crippen molar-refractivity contribution in [1.82, 2.24) is 9.78 Å². The van der Waals surface area contributed by atoms with Gasteiger partial charge in [0.15, 0.2) is 5.82 Å². The average Bonchev–Trinajstić information content (AvgIpc) is 3.11. The van der Waals surface area contributed by atoms with Gasteiger partial charge in [0.1, 0.15) is 11.3 Å². The summed E-state index contributed by atoms with van der Waals surface area (Å²) < 4.78 is 12.4. The van der Waals surface area contributed by atoms with E-state index in [1.54, 1.807) is 28.9 Å². The third-order valence-corrected chi connectivity index (χ3v) is 4.79. The fourth-order valence-electron chi connectivity index (χ4n) is 3.31. The fourth-order valence-corrected chi connectivity index (χ4v) is 3.31. The van der Waals surface area contributed by atoms with Crippen LogP contribution in [0.2, 0.25) is 0 Å². The Hall–Kier alpha value is -3.29. The number of anilines is 2. The number of fused-ring (bicyclic) bond motifs is 1. The van der Waals surface area contributed by atoms with Crippen molar-refractivity contribution < 1.29 is 19.2 Å². The predicted molar refractivity (Wildman–Crippen MR) is 102 cm³/mol. The Kier molecular flexibility index (Phi) is 4.77. The van der Waals surface area contributed by atoms with Gasteiger partial charge in [-0.15, -0.1) is 0 Å². The van der Waals surface area contributed by atoms with Crippen LogP contribution < -0.4 is 15.7 Å². The SMILES string of the molecule is N#C[C@H]1CCOC[C@@H]1n1cc(C(N)=O)c(Nc2ccc3c(c2)OB(O)C=C3)n1. The molecule has 9 nitrogen and oxygen atoms in total. The van der Waals surface area contributed by atoms with Crippen molar-refractivity contribution in [3.05, 3.63) is 41.5 Å². The van der Waals surface area contributed by atoms with E-state index in [0.717, 1.165) is 5.56 Å². The van der Waals surface area contributed by atoms with Crippen molar-refractivity contribution in [2.24, 2.45) is 11.7 Å². The Morgan fingerprint density at radius 3 is 3.14 bits per heavy atom. The van der Waals surface area contributed by atoms with Crippen LogP contribution in [0.1, 0.15) is 28.4 Å². The Bertz CT molecular complexity index is 983. The monoisotopic (exact) mass is 379 g/mol. The topological polar surface area (TPSA) is 135 Å². The van der Waals surface area contributed by atoms with Crippen LogP contribution in [0.3, 0.4) is 0 Å². The number of carbonyl (C=O) groups is 1. The molecule has 1 saturated heterocycles. The van der Waals surface area contributed by atoms with Gasteiger partial charge in [0.05, 0.1) is 24.6 Å². The zero-order chi connectivity index (χ0) is 19.7. The average molecular weight is 379 g/mol. The first-order valence-electron chi connectivity index (χ1n) is 8.85. The van der Waals surface area contributed by atoms with E-state index in [0.29, 0.717) is 31.1 Å². The number of aromatic nitrogens is 2. The predicted octanol–water partition coefficient (Wildman–Crippen LogP) is 1.25. The Morgan fingerprint density at radius 1 is 1.50 bits per heavy atom. The second-order valence-corrected chi connectivity index (χ2v) is 6.65. The molecule has 2 atom stereocenters. The highest BCUT2D eigenvalue weighted by Crippen LogP contribution is 2.31. The lowest BCUT2D eigenvalue weighted by Gasteiger charge is -2.26. The van der Waals surface area contributed by atoms with Crippen LogP contribution in [0, 0.1) is 17.2 Å². The van der Waals surface area contributed by atoms with Gasteiger partial charge in [-0.2, -0.15) is 10.4 Å². The summed E-state index contributed by atoms with van der Waals surface area (Å²) in [6.45, 7) is 0.869. The third kappa shape index (κ3) is 3.45. The Morgan fingerprint density at radius 2 is 2.36 bits per heavy atom. The van der Waals surface area contributed by atoms with Crippen molar-refractivity contribution in [2.75, 3.05) is 18.5 Å². The molecule has 1 aromatic heterocycles. The lowest BCUT2D eigenvalue weighted by molar-refractivity contribution is 0.0342. The molecule has 4 rings (SSSR count). The van der Waals surface area contributed by atoms with E-state index in [4.69, 9.17) is 15.1 Å². The van der Waals surface area contributed by atoms with Crippen molar-refractivity contribution in [2.45, 2.75) is 12.5 Å². The summed E-state index contributed by atoms with van der Waals surface area (Å²) >= 11 is 0. The van der Waals surface area contributed by atoms with Crippen LogP contribution >= 0.6 is 0 Å². The first-order valence-corrected chi connectivity index (χ1v) is 8.85. The number of carbonyl (C=O) groups excluding carboxylic acids is 1. The summed E-state index contributed by atoms with van der Waals surface area (Å²) in [7, 11) is -1.00. The molecule has 1 amide bonds. The van der Waals surface area contributed by atoms with Gasteiger partial charge >= 0.3 is 7.12 Å². The highest BCUT2D eigenvalue weighted by Gasteiger charge is 2.29. The van der Waals surface area contributed by atoms with Crippen LogP contribution in [0.15, 0.2) is 30.4 Å². The summed E-state index contributed by atoms with van der Waals surface area (Å²) in [5.74, 6) is 1.44. The minimum Gasteiger partial charge on any atom is -0.532 e. The van der Waals surface area contributed by atoms with Crippen LogP contribution in [0.5, 0.6) is 5.75 Å². The fraction of sp³-hybridized carbons (Fsp3) is 0.278. The van der Waals surface area contributed by atoms with E-state index in [9.17, 15) is 15.1 Å². The van der Waals surface area contributed by atoms with Gasteiger partial charge in [-0.1, -0.05) is 6.08 Å². The molecular formula is C18H18BN5O4. The van der Waals surface area contributed by atoms with Gasteiger partial charge in [0, 0.05) is 30.1 Å². The first-order chi connectivity index (χ1) is 13.5. The second kappa shape index (κ2) is 7.38. The largest absolute Gasteiger partial charge is 0.552 e. The molecule has 0 bridgehead atoms. The van der Waals surface area contributed by atoms with Gasteiger partial charge in [-0.3, -0.25) is 9.48 Å². The molecule has 28 heavy (non-hydrogen) atoms. The number of amides is 1. The van der Waals surface area contributed by atoms with Gasteiger partial charge in [-0.05, 0) is 24.5 Å². The van der Waals surface area contributed by atoms with Crippen molar-refractivity contribution in [3.63, 3.8) is 0 Å². The molecule has 0 saturated carbocycles. The first kappa shape index (κ1) is 18.1. The maximum Gasteiger partial charge on any atom is 0.552 e. The van der Waals surface area contributed by atoms with E-state index in [1.165, 1.54) is 6.20 Å². The van der Waals surface area contributed by atoms with Crippen molar-refractivity contribution in [3.8, 4) is 11.8 Å². The summed E-state index contributed by atoms with van der Waals surface area (Å²) in [6.07, 6.45) is 3.91. The lowest BCUT2D eigenvalue weighted by atomic mass is 9.86. The van der Waals surface area contributed by atoms with E-state index in [1.807, 2.05) is 6.07 Å². The van der Waals surface area contributed by atoms with E-state index >= 15 is 0 Å². The van der Waals surface area contributed by atoms with E-state index in [-0.39, 0.29) is 23.3 Å². The van der Waals surface area contributed by atoms with E-state index in [2.05, 4.69) is 16.5 Å². The molecule has 2 aliphatic rings. The number of nitrogens with one attached hydrogen (secondary N) is 1. The van der Waals surface area contributed by atoms with E-state index < -0.39 is 13.0 Å². The maximum atomic E-state index is 11.9. The van der Waals surface area contributed by atoms with Gasteiger partial charge in [0.25, 0.3) is 5.91 Å². The molecule has 0 spiro atoms. The molecule has 142 valence electrons. The molecule has 10 heteroatoms. The lowest BCUT2D eigenvalue weighted by Crippen LogP contribution is -2.29. The minimum absolute atomic E-state index is 0.209. The number of benzene rings is 1. The smallest absolute Gasteiger partial charge is 0.532 e. The molecule has 0 unspecified atom stereocenters. The van der Waals surface area contributed by atoms with Crippen molar-refractivity contribution >= 4 is 30.6 Å². The normalized spacial score (nSPS) is 20.8.